The topological polar surface area (TPSA) is 35.0 Å². The molecule has 0 saturated heterocycles. The molecular formula is C16H15ClN2OS. The van der Waals surface area contributed by atoms with Crippen LogP contribution in [0, 0.1) is 6.92 Å². The van der Waals surface area contributed by atoms with Crippen molar-refractivity contribution >= 4 is 33.8 Å². The van der Waals surface area contributed by atoms with Gasteiger partial charge < -0.3 is 4.74 Å². The minimum atomic E-state index is 0.474. The van der Waals surface area contributed by atoms with Gasteiger partial charge in [0.25, 0.3) is 0 Å². The number of hydrogen-bond acceptors (Lipinski definition) is 4. The third kappa shape index (κ3) is 2.39. The minimum absolute atomic E-state index is 0.474. The largest absolute Gasteiger partial charge is 0.494 e. The zero-order valence-electron chi connectivity index (χ0n) is 12.1. The zero-order chi connectivity index (χ0) is 15.0. The van der Waals surface area contributed by atoms with Crippen molar-refractivity contribution in [1.29, 1.82) is 0 Å². The Labute approximate surface area is 132 Å². The predicted octanol–water partition coefficient (Wildman–Crippen LogP) is 4.89. The van der Waals surface area contributed by atoms with Crippen molar-refractivity contribution in [2.45, 2.75) is 20.3 Å². The molecule has 0 spiro atoms. The molecule has 0 aliphatic heterocycles. The molecule has 2 aromatic heterocycles. The maximum atomic E-state index is 6.41. The molecule has 0 fully saturated rings. The lowest BCUT2D eigenvalue weighted by Gasteiger charge is -2.10. The standard InChI is InChI=1S/C16H15ClN2OS/c1-4-10-7-8-21-14(10)16-18-13-11(20-3)6-5-9(2)12(13)15(17)19-16/h5-8H,4H2,1-3H3. The molecule has 0 aliphatic rings. The van der Waals surface area contributed by atoms with Crippen LogP contribution in [0.1, 0.15) is 18.1 Å². The van der Waals surface area contributed by atoms with Gasteiger partial charge in [0.05, 0.1) is 12.0 Å². The van der Waals surface area contributed by atoms with E-state index in [1.54, 1.807) is 18.4 Å². The van der Waals surface area contributed by atoms with Crippen LogP contribution in [-0.2, 0) is 6.42 Å². The number of benzene rings is 1. The van der Waals surface area contributed by atoms with Crippen LogP contribution in [0.4, 0.5) is 0 Å². The highest BCUT2D eigenvalue weighted by Gasteiger charge is 2.16. The molecule has 0 unspecified atom stereocenters. The molecule has 0 aliphatic carbocycles. The summed E-state index contributed by atoms with van der Waals surface area (Å²) in [5.74, 6) is 1.39. The van der Waals surface area contributed by atoms with E-state index in [0.29, 0.717) is 11.0 Å². The molecule has 0 bridgehead atoms. The SMILES string of the molecule is CCc1ccsc1-c1nc(Cl)c2c(C)ccc(OC)c2n1. The Morgan fingerprint density at radius 3 is 2.76 bits per heavy atom. The zero-order valence-corrected chi connectivity index (χ0v) is 13.7. The van der Waals surface area contributed by atoms with Crippen LogP contribution in [0.3, 0.4) is 0 Å². The Hall–Kier alpha value is -1.65. The van der Waals surface area contributed by atoms with Gasteiger partial charge in [0, 0.05) is 5.39 Å². The quantitative estimate of drug-likeness (QED) is 0.645. The highest BCUT2D eigenvalue weighted by atomic mass is 35.5. The summed E-state index contributed by atoms with van der Waals surface area (Å²) >= 11 is 8.04. The fourth-order valence-electron chi connectivity index (χ4n) is 2.40. The molecule has 0 amide bonds. The molecule has 3 rings (SSSR count). The van der Waals surface area contributed by atoms with E-state index in [1.807, 2.05) is 19.1 Å². The molecule has 0 N–H and O–H groups in total. The van der Waals surface area contributed by atoms with E-state index >= 15 is 0 Å². The maximum Gasteiger partial charge on any atom is 0.171 e. The Morgan fingerprint density at radius 1 is 1.24 bits per heavy atom. The first-order valence-electron chi connectivity index (χ1n) is 6.73. The van der Waals surface area contributed by atoms with Crippen molar-refractivity contribution in [3.05, 3.63) is 39.9 Å². The first-order valence-corrected chi connectivity index (χ1v) is 7.99. The number of rotatable bonds is 3. The molecule has 3 nitrogen and oxygen atoms in total. The van der Waals surface area contributed by atoms with Gasteiger partial charge >= 0.3 is 0 Å². The number of fused-ring (bicyclic) bond motifs is 1. The van der Waals surface area contributed by atoms with Gasteiger partial charge in [-0.05, 0) is 42.0 Å². The van der Waals surface area contributed by atoms with Gasteiger partial charge in [-0.1, -0.05) is 24.6 Å². The first kappa shape index (κ1) is 14.3. The van der Waals surface area contributed by atoms with Crippen LogP contribution in [0.15, 0.2) is 23.6 Å². The summed E-state index contributed by atoms with van der Waals surface area (Å²) in [6.07, 6.45) is 0.947. The normalized spacial score (nSPS) is 11.0. The molecule has 21 heavy (non-hydrogen) atoms. The fourth-order valence-corrected chi connectivity index (χ4v) is 3.65. The average molecular weight is 319 g/mol. The van der Waals surface area contributed by atoms with E-state index in [4.69, 9.17) is 21.3 Å². The first-order chi connectivity index (χ1) is 10.2. The summed E-state index contributed by atoms with van der Waals surface area (Å²) in [7, 11) is 1.64. The van der Waals surface area contributed by atoms with Crippen LogP contribution in [0.25, 0.3) is 21.6 Å². The molecule has 3 aromatic rings. The Kier molecular flexibility index (Phi) is 3.83. The minimum Gasteiger partial charge on any atom is -0.494 e. The second-order valence-electron chi connectivity index (χ2n) is 4.77. The summed E-state index contributed by atoms with van der Waals surface area (Å²) in [6, 6.07) is 5.99. The van der Waals surface area contributed by atoms with Crippen LogP contribution >= 0.6 is 22.9 Å². The monoisotopic (exact) mass is 318 g/mol. The number of thiophene rings is 1. The van der Waals surface area contributed by atoms with Gasteiger partial charge in [0.2, 0.25) is 0 Å². The summed E-state index contributed by atoms with van der Waals surface area (Å²) in [5.41, 5.74) is 3.05. The third-order valence-electron chi connectivity index (χ3n) is 3.53. The van der Waals surface area contributed by atoms with E-state index in [-0.39, 0.29) is 0 Å². The highest BCUT2D eigenvalue weighted by Crippen LogP contribution is 2.35. The van der Waals surface area contributed by atoms with Crippen molar-refractivity contribution in [2.75, 3.05) is 7.11 Å². The number of hydrogen-bond donors (Lipinski definition) is 0. The fraction of sp³-hybridized carbons (Fsp3) is 0.250. The lowest BCUT2D eigenvalue weighted by Crippen LogP contribution is -1.96. The molecule has 108 valence electrons. The van der Waals surface area contributed by atoms with Gasteiger partial charge in [0.1, 0.15) is 16.4 Å². The van der Waals surface area contributed by atoms with Crippen molar-refractivity contribution in [2.24, 2.45) is 0 Å². The van der Waals surface area contributed by atoms with E-state index in [0.717, 1.165) is 33.5 Å². The van der Waals surface area contributed by atoms with Crippen LogP contribution in [0.5, 0.6) is 5.75 Å². The van der Waals surface area contributed by atoms with Gasteiger partial charge in [-0.3, -0.25) is 0 Å². The number of ether oxygens (including phenoxy) is 1. The van der Waals surface area contributed by atoms with Crippen LogP contribution in [-0.4, -0.2) is 17.1 Å². The van der Waals surface area contributed by atoms with E-state index < -0.39 is 0 Å². The van der Waals surface area contributed by atoms with Crippen molar-refractivity contribution in [1.82, 2.24) is 9.97 Å². The summed E-state index contributed by atoms with van der Waals surface area (Å²) in [5, 5.41) is 3.39. The molecule has 1 aromatic carbocycles. The molecule has 0 saturated carbocycles. The Balaban J connectivity index is 2.32. The lowest BCUT2D eigenvalue weighted by atomic mass is 10.1. The predicted molar refractivity (Wildman–Crippen MR) is 88.5 cm³/mol. The highest BCUT2D eigenvalue weighted by molar-refractivity contribution is 7.13. The van der Waals surface area contributed by atoms with E-state index in [2.05, 4.69) is 23.4 Å². The average Bonchev–Trinajstić information content (AvgIpc) is 2.95. The molecule has 0 radical (unpaired) electrons. The van der Waals surface area contributed by atoms with E-state index in [1.165, 1.54) is 5.56 Å². The molecular weight excluding hydrogens is 304 g/mol. The van der Waals surface area contributed by atoms with Crippen LogP contribution in [0.2, 0.25) is 5.15 Å². The summed E-state index contributed by atoms with van der Waals surface area (Å²) in [4.78, 5) is 10.3. The van der Waals surface area contributed by atoms with Gasteiger partial charge in [-0.25, -0.2) is 9.97 Å². The molecule has 0 atom stereocenters. The number of aromatic nitrogens is 2. The smallest absolute Gasteiger partial charge is 0.171 e. The van der Waals surface area contributed by atoms with Gasteiger partial charge in [-0.15, -0.1) is 11.3 Å². The van der Waals surface area contributed by atoms with Crippen molar-refractivity contribution < 1.29 is 4.74 Å². The molecule has 2 heterocycles. The second kappa shape index (κ2) is 5.62. The number of halogens is 1. The third-order valence-corrected chi connectivity index (χ3v) is 4.75. The number of methoxy groups -OCH3 is 1. The van der Waals surface area contributed by atoms with Crippen molar-refractivity contribution in [3.8, 4) is 16.5 Å². The maximum absolute atomic E-state index is 6.41. The Morgan fingerprint density at radius 2 is 2.05 bits per heavy atom. The number of aryl methyl sites for hydroxylation is 2. The lowest BCUT2D eigenvalue weighted by molar-refractivity contribution is 0.419. The second-order valence-corrected chi connectivity index (χ2v) is 6.05. The van der Waals surface area contributed by atoms with Crippen molar-refractivity contribution in [3.63, 3.8) is 0 Å². The van der Waals surface area contributed by atoms with Crippen LogP contribution < -0.4 is 4.74 Å². The Bertz CT molecular complexity index is 813. The van der Waals surface area contributed by atoms with E-state index in [9.17, 15) is 0 Å². The molecule has 5 heteroatoms. The summed E-state index contributed by atoms with van der Waals surface area (Å²) in [6.45, 7) is 4.12. The van der Waals surface area contributed by atoms with Gasteiger partial charge in [-0.2, -0.15) is 0 Å². The van der Waals surface area contributed by atoms with Gasteiger partial charge in [0.15, 0.2) is 5.82 Å². The summed E-state index contributed by atoms with van der Waals surface area (Å²) < 4.78 is 5.42. The number of nitrogens with zero attached hydrogens (tertiary/aromatic N) is 2.